The van der Waals surface area contributed by atoms with Crippen molar-refractivity contribution in [1.82, 2.24) is 4.90 Å². The van der Waals surface area contributed by atoms with Crippen molar-refractivity contribution >= 4 is 24.0 Å². The Morgan fingerprint density at radius 1 is 1.12 bits per heavy atom. The zero-order chi connectivity index (χ0) is 19.5. The molecule has 1 amide bonds. The summed E-state index contributed by atoms with van der Waals surface area (Å²) in [5.74, 6) is -2.39. The van der Waals surface area contributed by atoms with Gasteiger partial charge in [-0.3, -0.25) is 9.69 Å². The van der Waals surface area contributed by atoms with Crippen LogP contribution in [0.1, 0.15) is 19.4 Å². The highest BCUT2D eigenvalue weighted by molar-refractivity contribution is 6.00. The lowest BCUT2D eigenvalue weighted by Crippen LogP contribution is -2.37. The number of benzene rings is 1. The third-order valence-electron chi connectivity index (χ3n) is 3.14. The van der Waals surface area contributed by atoms with E-state index in [1.54, 1.807) is 31.2 Å². The summed E-state index contributed by atoms with van der Waals surface area (Å²) in [6, 6.07) is 8.88. The van der Waals surface area contributed by atoms with E-state index in [-0.39, 0.29) is 25.3 Å². The van der Waals surface area contributed by atoms with Crippen molar-refractivity contribution in [3.8, 4) is 0 Å². The van der Waals surface area contributed by atoms with Gasteiger partial charge in [0, 0.05) is 18.2 Å². The number of methoxy groups -OCH3 is 1. The fraction of sp³-hybridized carbons (Fsp3) is 0.333. The van der Waals surface area contributed by atoms with E-state index in [0.29, 0.717) is 0 Å². The molecule has 0 aromatic heterocycles. The molecule has 0 radical (unpaired) electrons. The van der Waals surface area contributed by atoms with Crippen molar-refractivity contribution in [2.24, 2.45) is 0 Å². The number of hydrogen-bond donors (Lipinski definition) is 0. The average Bonchev–Trinajstić information content (AvgIpc) is 2.61. The fourth-order valence-electron chi connectivity index (χ4n) is 1.87. The Morgan fingerprint density at radius 2 is 1.77 bits per heavy atom. The van der Waals surface area contributed by atoms with Crippen molar-refractivity contribution in [1.29, 1.82) is 0 Å². The van der Waals surface area contributed by atoms with E-state index in [1.807, 2.05) is 6.07 Å². The van der Waals surface area contributed by atoms with Crippen LogP contribution in [0.25, 0.3) is 0 Å². The SMILES string of the molecule is CCOC(=O)CN(Cc1ccccc1)C(=O)OC(=O)/C(C)=C/C(=O)OC. The largest absolute Gasteiger partial charge is 0.466 e. The molecule has 140 valence electrons. The molecule has 0 fully saturated rings. The lowest BCUT2D eigenvalue weighted by atomic mass is 10.2. The van der Waals surface area contributed by atoms with E-state index in [4.69, 9.17) is 9.47 Å². The minimum absolute atomic E-state index is 0.0472. The van der Waals surface area contributed by atoms with Gasteiger partial charge in [0.05, 0.1) is 13.7 Å². The Kier molecular flexibility index (Phi) is 8.56. The van der Waals surface area contributed by atoms with E-state index >= 15 is 0 Å². The second kappa shape index (κ2) is 10.7. The predicted octanol–water partition coefficient (Wildman–Crippen LogP) is 1.83. The molecule has 0 N–H and O–H groups in total. The Hall–Kier alpha value is -3.16. The summed E-state index contributed by atoms with van der Waals surface area (Å²) in [7, 11) is 1.16. The Morgan fingerprint density at radius 3 is 2.35 bits per heavy atom. The molecule has 0 aliphatic carbocycles. The molecule has 8 nitrogen and oxygen atoms in total. The molecular weight excluding hydrogens is 342 g/mol. The number of nitrogens with zero attached hydrogens (tertiary/aromatic N) is 1. The van der Waals surface area contributed by atoms with E-state index in [0.717, 1.165) is 23.6 Å². The first-order chi connectivity index (χ1) is 12.4. The predicted molar refractivity (Wildman–Crippen MR) is 90.7 cm³/mol. The van der Waals surface area contributed by atoms with Crippen LogP contribution in [-0.2, 0) is 35.1 Å². The van der Waals surface area contributed by atoms with Gasteiger partial charge in [-0.25, -0.2) is 14.4 Å². The van der Waals surface area contributed by atoms with Crippen molar-refractivity contribution in [2.75, 3.05) is 20.3 Å². The molecule has 1 aromatic carbocycles. The van der Waals surface area contributed by atoms with Crippen LogP contribution in [0.4, 0.5) is 4.79 Å². The van der Waals surface area contributed by atoms with Gasteiger partial charge < -0.3 is 14.2 Å². The molecule has 1 rings (SSSR count). The summed E-state index contributed by atoms with van der Waals surface area (Å²) in [5, 5.41) is 0. The van der Waals surface area contributed by atoms with Crippen molar-refractivity contribution < 1.29 is 33.4 Å². The number of amides is 1. The van der Waals surface area contributed by atoms with Gasteiger partial charge in [-0.15, -0.1) is 0 Å². The van der Waals surface area contributed by atoms with Crippen LogP contribution in [0.2, 0.25) is 0 Å². The molecule has 0 aliphatic rings. The molecule has 0 heterocycles. The molecule has 0 saturated heterocycles. The molecule has 0 saturated carbocycles. The number of hydrogen-bond acceptors (Lipinski definition) is 7. The van der Waals surface area contributed by atoms with Crippen LogP contribution in [0.3, 0.4) is 0 Å². The Labute approximate surface area is 151 Å². The number of ether oxygens (including phenoxy) is 3. The van der Waals surface area contributed by atoms with Crippen LogP contribution in [0.15, 0.2) is 42.0 Å². The van der Waals surface area contributed by atoms with E-state index in [1.165, 1.54) is 6.92 Å². The zero-order valence-electron chi connectivity index (χ0n) is 14.9. The first-order valence-electron chi connectivity index (χ1n) is 7.84. The smallest absolute Gasteiger partial charge is 0.418 e. The van der Waals surface area contributed by atoms with E-state index in [9.17, 15) is 19.2 Å². The first kappa shape index (κ1) is 20.9. The highest BCUT2D eigenvalue weighted by Gasteiger charge is 2.23. The minimum atomic E-state index is -1.02. The summed E-state index contributed by atoms with van der Waals surface area (Å²) < 4.78 is 14.0. The molecule has 8 heteroatoms. The summed E-state index contributed by atoms with van der Waals surface area (Å²) >= 11 is 0. The van der Waals surface area contributed by atoms with Gasteiger partial charge in [0.25, 0.3) is 0 Å². The number of esters is 3. The summed E-state index contributed by atoms with van der Waals surface area (Å²) in [5.41, 5.74) is 0.629. The lowest BCUT2D eigenvalue weighted by molar-refractivity contribution is -0.145. The second-order valence-electron chi connectivity index (χ2n) is 5.15. The van der Waals surface area contributed by atoms with Gasteiger partial charge in [0.2, 0.25) is 0 Å². The van der Waals surface area contributed by atoms with Gasteiger partial charge >= 0.3 is 24.0 Å². The summed E-state index contributed by atoms with van der Waals surface area (Å²) in [4.78, 5) is 48.1. The lowest BCUT2D eigenvalue weighted by Gasteiger charge is -2.20. The molecule has 0 unspecified atom stereocenters. The van der Waals surface area contributed by atoms with Crippen LogP contribution in [0, 0.1) is 0 Å². The first-order valence-corrected chi connectivity index (χ1v) is 7.84. The maximum absolute atomic E-state index is 12.3. The molecule has 0 spiro atoms. The third-order valence-corrected chi connectivity index (χ3v) is 3.14. The fourth-order valence-corrected chi connectivity index (χ4v) is 1.87. The normalized spacial score (nSPS) is 10.7. The van der Waals surface area contributed by atoms with Crippen molar-refractivity contribution in [3.05, 3.63) is 47.5 Å². The molecular formula is C18H21NO7. The third kappa shape index (κ3) is 7.16. The molecule has 0 bridgehead atoms. The minimum Gasteiger partial charge on any atom is -0.466 e. The van der Waals surface area contributed by atoms with Gasteiger partial charge in [-0.1, -0.05) is 30.3 Å². The molecule has 26 heavy (non-hydrogen) atoms. The number of rotatable bonds is 7. The van der Waals surface area contributed by atoms with Crippen LogP contribution < -0.4 is 0 Å². The van der Waals surface area contributed by atoms with E-state index in [2.05, 4.69) is 4.74 Å². The van der Waals surface area contributed by atoms with Gasteiger partial charge in [0.15, 0.2) is 0 Å². The Bertz CT molecular complexity index is 682. The highest BCUT2D eigenvalue weighted by Crippen LogP contribution is 2.08. The highest BCUT2D eigenvalue weighted by atomic mass is 16.6. The van der Waals surface area contributed by atoms with Gasteiger partial charge in [0.1, 0.15) is 6.54 Å². The van der Waals surface area contributed by atoms with E-state index < -0.39 is 24.0 Å². The maximum Gasteiger partial charge on any atom is 0.418 e. The Balaban J connectivity index is 2.85. The quantitative estimate of drug-likeness (QED) is 0.315. The van der Waals surface area contributed by atoms with Gasteiger partial charge in [-0.2, -0.15) is 0 Å². The molecule has 0 aliphatic heterocycles. The maximum atomic E-state index is 12.3. The number of carbonyl (C=O) groups is 4. The number of carbonyl (C=O) groups excluding carboxylic acids is 4. The summed E-state index contributed by atoms with van der Waals surface area (Å²) in [6.07, 6.45) is -0.118. The van der Waals surface area contributed by atoms with Crippen molar-refractivity contribution in [2.45, 2.75) is 20.4 Å². The van der Waals surface area contributed by atoms with Crippen LogP contribution >= 0.6 is 0 Å². The average molecular weight is 363 g/mol. The monoisotopic (exact) mass is 363 g/mol. The van der Waals surface area contributed by atoms with Gasteiger partial charge in [-0.05, 0) is 19.4 Å². The standard InChI is InChI=1S/C18H21NO7/c1-4-25-16(21)12-19(11-14-8-6-5-7-9-14)18(23)26-17(22)13(2)10-15(20)24-3/h5-10H,4,11-12H2,1-3H3/b13-10+. The van der Waals surface area contributed by atoms with Crippen LogP contribution in [0.5, 0.6) is 0 Å². The zero-order valence-corrected chi connectivity index (χ0v) is 14.9. The molecule has 0 atom stereocenters. The molecule has 1 aromatic rings. The van der Waals surface area contributed by atoms with Crippen molar-refractivity contribution in [3.63, 3.8) is 0 Å². The topological polar surface area (TPSA) is 99.2 Å². The second-order valence-corrected chi connectivity index (χ2v) is 5.15. The summed E-state index contributed by atoms with van der Waals surface area (Å²) in [6.45, 7) is 2.77. The van der Waals surface area contributed by atoms with Crippen LogP contribution in [-0.4, -0.2) is 49.2 Å².